The van der Waals surface area contributed by atoms with Crippen molar-refractivity contribution in [2.45, 2.75) is 25.2 Å². The molecule has 2 saturated heterocycles. The molecule has 2 aromatic carbocycles. The SMILES string of the molecule is COc1cccc(C2CN(C(=O)c3cccc(Cl)c3)CC2C(=O)N2CCCCC2)c1. The van der Waals surface area contributed by atoms with Gasteiger partial charge in [-0.25, -0.2) is 0 Å². The summed E-state index contributed by atoms with van der Waals surface area (Å²) in [6.45, 7) is 2.54. The van der Waals surface area contributed by atoms with Crippen molar-refractivity contribution >= 4 is 23.4 Å². The van der Waals surface area contributed by atoms with Gasteiger partial charge in [0, 0.05) is 42.7 Å². The molecular formula is C24H27ClN2O3. The minimum atomic E-state index is -0.252. The molecule has 2 fully saturated rings. The van der Waals surface area contributed by atoms with E-state index in [2.05, 4.69) is 0 Å². The summed E-state index contributed by atoms with van der Waals surface area (Å²) in [4.78, 5) is 30.4. The minimum Gasteiger partial charge on any atom is -0.497 e. The molecule has 2 aliphatic heterocycles. The van der Waals surface area contributed by atoms with Gasteiger partial charge in [-0.1, -0.05) is 29.8 Å². The maximum absolute atomic E-state index is 13.4. The van der Waals surface area contributed by atoms with Gasteiger partial charge in [-0.2, -0.15) is 0 Å². The van der Waals surface area contributed by atoms with Crippen molar-refractivity contribution in [3.05, 3.63) is 64.7 Å². The van der Waals surface area contributed by atoms with E-state index < -0.39 is 0 Å². The van der Waals surface area contributed by atoms with Crippen LogP contribution in [0.15, 0.2) is 48.5 Å². The van der Waals surface area contributed by atoms with Crippen LogP contribution in [0.4, 0.5) is 0 Å². The van der Waals surface area contributed by atoms with Crippen LogP contribution in [0.1, 0.15) is 41.1 Å². The molecule has 0 bridgehead atoms. The Hall–Kier alpha value is -2.53. The number of amides is 2. The lowest BCUT2D eigenvalue weighted by atomic mass is 9.87. The van der Waals surface area contributed by atoms with Gasteiger partial charge in [-0.15, -0.1) is 0 Å². The molecule has 2 atom stereocenters. The number of nitrogens with zero attached hydrogens (tertiary/aromatic N) is 2. The quantitative estimate of drug-likeness (QED) is 0.735. The zero-order valence-corrected chi connectivity index (χ0v) is 18.0. The summed E-state index contributed by atoms with van der Waals surface area (Å²) in [7, 11) is 1.64. The van der Waals surface area contributed by atoms with Crippen molar-refractivity contribution < 1.29 is 14.3 Å². The molecule has 0 spiro atoms. The smallest absolute Gasteiger partial charge is 0.253 e. The number of hydrogen-bond acceptors (Lipinski definition) is 3. The maximum atomic E-state index is 13.4. The fourth-order valence-electron chi connectivity index (χ4n) is 4.58. The average Bonchev–Trinajstić information content (AvgIpc) is 3.24. The second kappa shape index (κ2) is 9.09. The van der Waals surface area contributed by atoms with Gasteiger partial charge in [-0.05, 0) is 55.2 Å². The van der Waals surface area contributed by atoms with Crippen LogP contribution in [-0.2, 0) is 4.79 Å². The van der Waals surface area contributed by atoms with Gasteiger partial charge in [0.2, 0.25) is 5.91 Å². The Balaban J connectivity index is 1.62. The molecule has 0 aliphatic carbocycles. The van der Waals surface area contributed by atoms with E-state index in [-0.39, 0.29) is 23.7 Å². The third-order valence-electron chi connectivity index (χ3n) is 6.19. The first-order valence-electron chi connectivity index (χ1n) is 10.5. The van der Waals surface area contributed by atoms with Gasteiger partial charge in [0.05, 0.1) is 13.0 Å². The Bertz CT molecular complexity index is 926. The molecular weight excluding hydrogens is 400 g/mol. The molecule has 0 aromatic heterocycles. The molecule has 2 unspecified atom stereocenters. The van der Waals surface area contributed by atoms with Gasteiger partial charge in [0.15, 0.2) is 0 Å². The monoisotopic (exact) mass is 426 g/mol. The van der Waals surface area contributed by atoms with Crippen LogP contribution in [0.5, 0.6) is 5.75 Å². The zero-order valence-electron chi connectivity index (χ0n) is 17.2. The third kappa shape index (κ3) is 4.31. The molecule has 2 amide bonds. The number of methoxy groups -OCH3 is 1. The molecule has 0 saturated carbocycles. The summed E-state index contributed by atoms with van der Waals surface area (Å²) in [6, 6.07) is 14.8. The van der Waals surface area contributed by atoms with Crippen LogP contribution >= 0.6 is 11.6 Å². The molecule has 2 heterocycles. The highest BCUT2D eigenvalue weighted by Crippen LogP contribution is 2.36. The van der Waals surface area contributed by atoms with Gasteiger partial charge < -0.3 is 14.5 Å². The predicted octanol–water partition coefficient (Wildman–Crippen LogP) is 4.22. The van der Waals surface area contributed by atoms with Crippen LogP contribution in [0.2, 0.25) is 5.02 Å². The van der Waals surface area contributed by atoms with E-state index in [1.165, 1.54) is 6.42 Å². The van der Waals surface area contributed by atoms with Gasteiger partial charge in [-0.3, -0.25) is 9.59 Å². The van der Waals surface area contributed by atoms with Crippen molar-refractivity contribution in [2.24, 2.45) is 5.92 Å². The summed E-state index contributed by atoms with van der Waals surface area (Å²) in [5.41, 5.74) is 1.59. The second-order valence-electron chi connectivity index (χ2n) is 8.10. The summed E-state index contributed by atoms with van der Waals surface area (Å²) in [5.74, 6) is 0.524. The van der Waals surface area contributed by atoms with E-state index in [9.17, 15) is 9.59 Å². The second-order valence-corrected chi connectivity index (χ2v) is 8.53. The van der Waals surface area contributed by atoms with Gasteiger partial charge in [0.25, 0.3) is 5.91 Å². The molecule has 30 heavy (non-hydrogen) atoms. The van der Waals surface area contributed by atoms with Crippen LogP contribution < -0.4 is 4.74 Å². The Kier molecular flexibility index (Phi) is 6.28. The highest BCUT2D eigenvalue weighted by molar-refractivity contribution is 6.30. The lowest BCUT2D eigenvalue weighted by Crippen LogP contribution is -2.42. The van der Waals surface area contributed by atoms with Gasteiger partial charge >= 0.3 is 0 Å². The summed E-state index contributed by atoms with van der Waals surface area (Å²) in [5, 5.41) is 0.533. The summed E-state index contributed by atoms with van der Waals surface area (Å²) in [6.07, 6.45) is 3.27. The number of rotatable bonds is 4. The van der Waals surface area contributed by atoms with Crippen molar-refractivity contribution in [3.8, 4) is 5.75 Å². The summed E-state index contributed by atoms with van der Waals surface area (Å²) < 4.78 is 5.39. The topological polar surface area (TPSA) is 49.9 Å². The van der Waals surface area contributed by atoms with Gasteiger partial charge in [0.1, 0.15) is 5.75 Å². The maximum Gasteiger partial charge on any atom is 0.253 e. The Morgan fingerprint density at radius 2 is 1.73 bits per heavy atom. The van der Waals surface area contributed by atoms with E-state index in [0.29, 0.717) is 23.7 Å². The largest absolute Gasteiger partial charge is 0.497 e. The van der Waals surface area contributed by atoms with Crippen molar-refractivity contribution in [2.75, 3.05) is 33.3 Å². The minimum absolute atomic E-state index is 0.0577. The lowest BCUT2D eigenvalue weighted by Gasteiger charge is -2.31. The fraction of sp³-hybridized carbons (Fsp3) is 0.417. The van der Waals surface area contributed by atoms with E-state index in [1.54, 1.807) is 36.3 Å². The highest BCUT2D eigenvalue weighted by atomic mass is 35.5. The number of likely N-dealkylation sites (tertiary alicyclic amines) is 2. The molecule has 5 nitrogen and oxygen atoms in total. The standard InChI is InChI=1S/C24H27ClN2O3/c1-30-20-10-6-7-17(14-20)21-15-27(23(28)18-8-5-9-19(25)13-18)16-22(21)24(29)26-11-3-2-4-12-26/h5-10,13-14,21-22H,2-4,11-12,15-16H2,1H3. The molecule has 0 radical (unpaired) electrons. The van der Waals surface area contributed by atoms with Crippen molar-refractivity contribution in [3.63, 3.8) is 0 Å². The normalized spacial score (nSPS) is 21.5. The Morgan fingerprint density at radius 1 is 0.967 bits per heavy atom. The lowest BCUT2D eigenvalue weighted by molar-refractivity contribution is -0.136. The Labute approximate surface area is 182 Å². The molecule has 2 aromatic rings. The van der Waals surface area contributed by atoms with E-state index >= 15 is 0 Å². The molecule has 4 rings (SSSR count). The van der Waals surface area contributed by atoms with Crippen molar-refractivity contribution in [1.29, 1.82) is 0 Å². The molecule has 6 heteroatoms. The number of piperidine rings is 1. The number of carbonyl (C=O) groups excluding carboxylic acids is 2. The third-order valence-corrected chi connectivity index (χ3v) is 6.42. The van der Waals surface area contributed by atoms with Crippen molar-refractivity contribution in [1.82, 2.24) is 9.80 Å². The fourth-order valence-corrected chi connectivity index (χ4v) is 4.77. The predicted molar refractivity (Wildman–Crippen MR) is 117 cm³/mol. The molecule has 158 valence electrons. The van der Waals surface area contributed by atoms with E-state index in [1.807, 2.05) is 29.2 Å². The van der Waals surface area contributed by atoms with Crippen LogP contribution in [0, 0.1) is 5.92 Å². The first kappa shape index (κ1) is 20.7. The number of benzene rings is 2. The van der Waals surface area contributed by atoms with Crippen LogP contribution in [-0.4, -0.2) is 54.9 Å². The Morgan fingerprint density at radius 3 is 2.47 bits per heavy atom. The zero-order chi connectivity index (χ0) is 21.1. The number of ether oxygens (including phenoxy) is 1. The first-order valence-corrected chi connectivity index (χ1v) is 10.9. The first-order chi connectivity index (χ1) is 14.6. The van der Waals surface area contributed by atoms with E-state index in [4.69, 9.17) is 16.3 Å². The van der Waals surface area contributed by atoms with E-state index in [0.717, 1.165) is 37.2 Å². The van der Waals surface area contributed by atoms with Crippen LogP contribution in [0.3, 0.4) is 0 Å². The number of carbonyl (C=O) groups is 2. The van der Waals surface area contributed by atoms with Crippen LogP contribution in [0.25, 0.3) is 0 Å². The summed E-state index contributed by atoms with van der Waals surface area (Å²) >= 11 is 6.09. The molecule has 0 N–H and O–H groups in total. The molecule has 2 aliphatic rings. The highest BCUT2D eigenvalue weighted by Gasteiger charge is 2.42. The number of hydrogen-bond donors (Lipinski definition) is 0. The number of halogens is 1. The average molecular weight is 427 g/mol.